The zero-order valence-electron chi connectivity index (χ0n) is 9.66. The molecule has 0 spiro atoms. The van der Waals surface area contributed by atoms with Crippen LogP contribution in [0, 0.1) is 18.8 Å². The average Bonchev–Trinajstić information content (AvgIpc) is 2.64. The molecule has 0 aliphatic carbocycles. The first-order valence-corrected chi connectivity index (χ1v) is 5.60. The largest absolute Gasteiger partial charge is 0.324 e. The Balaban J connectivity index is 2.02. The van der Waals surface area contributed by atoms with E-state index < -0.39 is 0 Å². The normalized spacial score (nSPS) is 24.4. The maximum absolute atomic E-state index is 12.0. The molecule has 16 heavy (non-hydrogen) atoms. The third-order valence-electron chi connectivity index (χ3n) is 3.00. The molecule has 0 radical (unpaired) electrons. The van der Waals surface area contributed by atoms with Crippen LogP contribution in [-0.2, 0) is 4.79 Å². The summed E-state index contributed by atoms with van der Waals surface area (Å²) in [5.41, 5.74) is 1.83. The standard InChI is InChI=1S/C12H17N3O/c1-8-3-10(6-13-4-8)15-12(16)11-7-14-5-9(11)2/h3-4,6,9,11,14H,5,7H2,1-2H3,(H,15,16). The topological polar surface area (TPSA) is 54.0 Å². The lowest BCUT2D eigenvalue weighted by atomic mass is 9.97. The first-order chi connectivity index (χ1) is 7.66. The summed E-state index contributed by atoms with van der Waals surface area (Å²) in [6.45, 7) is 5.75. The molecule has 1 aliphatic rings. The molecule has 2 unspecified atom stereocenters. The molecule has 1 amide bonds. The summed E-state index contributed by atoms with van der Waals surface area (Å²) in [5.74, 6) is 0.559. The van der Waals surface area contributed by atoms with Crippen molar-refractivity contribution in [2.24, 2.45) is 11.8 Å². The number of nitrogens with one attached hydrogen (secondary N) is 2. The molecule has 1 aromatic rings. The Kier molecular flexibility index (Phi) is 3.19. The summed E-state index contributed by atoms with van der Waals surface area (Å²) in [4.78, 5) is 16.0. The lowest BCUT2D eigenvalue weighted by molar-refractivity contribution is -0.120. The summed E-state index contributed by atoms with van der Waals surface area (Å²) >= 11 is 0. The molecule has 0 bridgehead atoms. The lowest BCUT2D eigenvalue weighted by Gasteiger charge is -2.14. The minimum Gasteiger partial charge on any atom is -0.324 e. The van der Waals surface area contributed by atoms with E-state index >= 15 is 0 Å². The highest BCUT2D eigenvalue weighted by Gasteiger charge is 2.29. The molecular formula is C12H17N3O. The minimum absolute atomic E-state index is 0.0699. The summed E-state index contributed by atoms with van der Waals surface area (Å²) in [6, 6.07) is 1.93. The second-order valence-electron chi connectivity index (χ2n) is 4.48. The van der Waals surface area contributed by atoms with Crippen molar-refractivity contribution < 1.29 is 4.79 Å². The quantitative estimate of drug-likeness (QED) is 0.785. The fourth-order valence-electron chi connectivity index (χ4n) is 2.02. The molecule has 2 rings (SSSR count). The molecule has 2 atom stereocenters. The molecule has 0 saturated carbocycles. The number of hydrogen-bond donors (Lipinski definition) is 2. The Bertz CT molecular complexity index is 392. The molecule has 86 valence electrons. The Morgan fingerprint density at radius 3 is 2.94 bits per heavy atom. The van der Waals surface area contributed by atoms with Gasteiger partial charge in [-0.2, -0.15) is 0 Å². The van der Waals surface area contributed by atoms with E-state index in [1.807, 2.05) is 13.0 Å². The van der Waals surface area contributed by atoms with E-state index in [9.17, 15) is 4.79 Å². The number of rotatable bonds is 2. The van der Waals surface area contributed by atoms with Crippen molar-refractivity contribution in [3.63, 3.8) is 0 Å². The van der Waals surface area contributed by atoms with E-state index in [0.29, 0.717) is 5.92 Å². The lowest BCUT2D eigenvalue weighted by Crippen LogP contribution is -2.27. The third kappa shape index (κ3) is 2.39. The molecule has 4 heteroatoms. The second kappa shape index (κ2) is 4.61. The monoisotopic (exact) mass is 219 g/mol. The van der Waals surface area contributed by atoms with Crippen molar-refractivity contribution in [2.45, 2.75) is 13.8 Å². The number of hydrogen-bond acceptors (Lipinski definition) is 3. The van der Waals surface area contributed by atoms with Crippen LogP contribution in [0.2, 0.25) is 0 Å². The first-order valence-electron chi connectivity index (χ1n) is 5.60. The van der Waals surface area contributed by atoms with Gasteiger partial charge in [0, 0.05) is 12.7 Å². The second-order valence-corrected chi connectivity index (χ2v) is 4.48. The summed E-state index contributed by atoms with van der Waals surface area (Å²) in [6.07, 6.45) is 3.45. The van der Waals surface area contributed by atoms with Crippen molar-refractivity contribution in [3.8, 4) is 0 Å². The Morgan fingerprint density at radius 2 is 2.31 bits per heavy atom. The van der Waals surface area contributed by atoms with Crippen LogP contribution in [-0.4, -0.2) is 24.0 Å². The van der Waals surface area contributed by atoms with E-state index in [1.165, 1.54) is 0 Å². The van der Waals surface area contributed by atoms with Crippen LogP contribution in [0.1, 0.15) is 12.5 Å². The van der Waals surface area contributed by atoms with Gasteiger partial charge >= 0.3 is 0 Å². The zero-order valence-corrected chi connectivity index (χ0v) is 9.66. The molecule has 1 fully saturated rings. The number of carbonyl (C=O) groups is 1. The van der Waals surface area contributed by atoms with Crippen LogP contribution in [0.25, 0.3) is 0 Å². The van der Waals surface area contributed by atoms with Crippen molar-refractivity contribution >= 4 is 11.6 Å². The van der Waals surface area contributed by atoms with Gasteiger partial charge in [0.15, 0.2) is 0 Å². The van der Waals surface area contributed by atoms with Gasteiger partial charge in [-0.25, -0.2) is 0 Å². The SMILES string of the molecule is Cc1cncc(NC(=O)C2CNCC2C)c1. The minimum atomic E-state index is 0.0699. The number of amides is 1. The van der Waals surface area contributed by atoms with E-state index in [2.05, 4.69) is 22.5 Å². The van der Waals surface area contributed by atoms with Gasteiger partial charge < -0.3 is 10.6 Å². The number of pyridine rings is 1. The highest BCUT2D eigenvalue weighted by Crippen LogP contribution is 2.18. The van der Waals surface area contributed by atoms with E-state index in [0.717, 1.165) is 24.3 Å². The number of nitrogens with zero attached hydrogens (tertiary/aromatic N) is 1. The van der Waals surface area contributed by atoms with Gasteiger partial charge in [-0.05, 0) is 31.0 Å². The van der Waals surface area contributed by atoms with Crippen LogP contribution in [0.15, 0.2) is 18.5 Å². The highest BCUT2D eigenvalue weighted by atomic mass is 16.1. The van der Waals surface area contributed by atoms with Gasteiger partial charge in [0.2, 0.25) is 5.91 Å². The smallest absolute Gasteiger partial charge is 0.229 e. The first kappa shape index (κ1) is 11.1. The molecule has 1 aliphatic heterocycles. The number of carbonyl (C=O) groups excluding carboxylic acids is 1. The zero-order chi connectivity index (χ0) is 11.5. The molecule has 0 aromatic carbocycles. The van der Waals surface area contributed by atoms with Gasteiger partial charge in [-0.3, -0.25) is 9.78 Å². The van der Waals surface area contributed by atoms with E-state index in [4.69, 9.17) is 0 Å². The predicted octanol–water partition coefficient (Wildman–Crippen LogP) is 1.18. The highest BCUT2D eigenvalue weighted by molar-refractivity contribution is 5.93. The van der Waals surface area contributed by atoms with Gasteiger partial charge in [0.1, 0.15) is 0 Å². The van der Waals surface area contributed by atoms with Crippen LogP contribution in [0.3, 0.4) is 0 Å². The van der Waals surface area contributed by atoms with Gasteiger partial charge in [-0.15, -0.1) is 0 Å². The molecule has 2 heterocycles. The summed E-state index contributed by atoms with van der Waals surface area (Å²) < 4.78 is 0. The molecule has 1 saturated heterocycles. The number of anilines is 1. The van der Waals surface area contributed by atoms with Gasteiger partial charge in [-0.1, -0.05) is 6.92 Å². The maximum Gasteiger partial charge on any atom is 0.229 e. The fraction of sp³-hybridized carbons (Fsp3) is 0.500. The summed E-state index contributed by atoms with van der Waals surface area (Å²) in [5, 5.41) is 6.14. The molecular weight excluding hydrogens is 202 g/mol. The van der Waals surface area contributed by atoms with E-state index in [1.54, 1.807) is 12.4 Å². The van der Waals surface area contributed by atoms with Crippen LogP contribution < -0.4 is 10.6 Å². The van der Waals surface area contributed by atoms with Crippen LogP contribution in [0.4, 0.5) is 5.69 Å². The molecule has 1 aromatic heterocycles. The van der Waals surface area contributed by atoms with Crippen LogP contribution in [0.5, 0.6) is 0 Å². The summed E-state index contributed by atoms with van der Waals surface area (Å²) in [7, 11) is 0. The molecule has 4 nitrogen and oxygen atoms in total. The Hall–Kier alpha value is -1.42. The van der Waals surface area contributed by atoms with Crippen molar-refractivity contribution in [3.05, 3.63) is 24.0 Å². The van der Waals surface area contributed by atoms with Crippen molar-refractivity contribution in [2.75, 3.05) is 18.4 Å². The van der Waals surface area contributed by atoms with Gasteiger partial charge in [0.25, 0.3) is 0 Å². The van der Waals surface area contributed by atoms with Crippen LogP contribution >= 0.6 is 0 Å². The van der Waals surface area contributed by atoms with E-state index in [-0.39, 0.29) is 11.8 Å². The Labute approximate surface area is 95.5 Å². The molecule has 2 N–H and O–H groups in total. The fourth-order valence-corrected chi connectivity index (χ4v) is 2.02. The average molecular weight is 219 g/mol. The predicted molar refractivity (Wildman–Crippen MR) is 63.1 cm³/mol. The van der Waals surface area contributed by atoms with Crippen molar-refractivity contribution in [1.29, 1.82) is 0 Å². The maximum atomic E-state index is 12.0. The van der Waals surface area contributed by atoms with Gasteiger partial charge in [0.05, 0.1) is 17.8 Å². The Morgan fingerprint density at radius 1 is 1.50 bits per heavy atom. The third-order valence-corrected chi connectivity index (χ3v) is 3.00. The van der Waals surface area contributed by atoms with Crippen molar-refractivity contribution in [1.82, 2.24) is 10.3 Å². The number of aryl methyl sites for hydroxylation is 1. The number of aromatic nitrogens is 1.